The largest absolute Gasteiger partial charge is 0.495 e. The van der Waals surface area contributed by atoms with Gasteiger partial charge < -0.3 is 14.8 Å². The Hall–Kier alpha value is -4.40. The number of methoxy groups -OCH3 is 1. The average Bonchev–Trinajstić information content (AvgIpc) is 2.83. The van der Waals surface area contributed by atoms with Crippen LogP contribution in [-0.4, -0.2) is 33.7 Å². The molecule has 1 amide bonds. The van der Waals surface area contributed by atoms with Gasteiger partial charge in [-0.3, -0.25) is 9.59 Å². The number of aromatic nitrogens is 3. The standard InChI is InChI=1S/C26H26N4O5/c1-5-35-20-12-8-6-10-18(20)28-22(31)15-29-25(32)23-16(2)14-17(3)27-24(23)30(26(29)33)19-11-7-9-13-21(19)34-4/h6-14H,5,15H2,1-4H3,(H,28,31). The SMILES string of the molecule is CCOc1ccccc1NC(=O)Cn1c(=O)c2c(C)cc(C)nc2n(-c2ccccc2OC)c1=O. The summed E-state index contributed by atoms with van der Waals surface area (Å²) in [4.78, 5) is 44.6. The van der Waals surface area contributed by atoms with Crippen LogP contribution in [0.3, 0.4) is 0 Å². The molecule has 35 heavy (non-hydrogen) atoms. The number of nitrogens with one attached hydrogen (secondary N) is 1. The van der Waals surface area contributed by atoms with Crippen molar-refractivity contribution in [1.82, 2.24) is 14.1 Å². The minimum Gasteiger partial charge on any atom is -0.495 e. The van der Waals surface area contributed by atoms with Crippen molar-refractivity contribution >= 4 is 22.6 Å². The summed E-state index contributed by atoms with van der Waals surface area (Å²) in [6.45, 7) is 5.34. The molecule has 0 aliphatic heterocycles. The van der Waals surface area contributed by atoms with Crippen molar-refractivity contribution in [3.63, 3.8) is 0 Å². The molecule has 0 aliphatic carbocycles. The number of carbonyl (C=O) groups excluding carboxylic acids is 1. The van der Waals surface area contributed by atoms with Crippen LogP contribution in [-0.2, 0) is 11.3 Å². The normalized spacial score (nSPS) is 10.9. The third kappa shape index (κ3) is 4.52. The molecule has 0 radical (unpaired) electrons. The van der Waals surface area contributed by atoms with Gasteiger partial charge in [0.2, 0.25) is 5.91 Å². The third-order valence-corrected chi connectivity index (χ3v) is 5.51. The Balaban J connectivity index is 1.89. The first-order chi connectivity index (χ1) is 16.8. The summed E-state index contributed by atoms with van der Waals surface area (Å²) >= 11 is 0. The van der Waals surface area contributed by atoms with Gasteiger partial charge >= 0.3 is 5.69 Å². The van der Waals surface area contributed by atoms with Gasteiger partial charge in [0.25, 0.3) is 5.56 Å². The van der Waals surface area contributed by atoms with Crippen molar-refractivity contribution < 1.29 is 14.3 Å². The lowest BCUT2D eigenvalue weighted by molar-refractivity contribution is -0.116. The van der Waals surface area contributed by atoms with E-state index in [4.69, 9.17) is 9.47 Å². The lowest BCUT2D eigenvalue weighted by atomic mass is 10.1. The van der Waals surface area contributed by atoms with E-state index in [1.54, 1.807) is 68.4 Å². The fourth-order valence-corrected chi connectivity index (χ4v) is 4.03. The van der Waals surface area contributed by atoms with E-state index in [2.05, 4.69) is 10.3 Å². The number of fused-ring (bicyclic) bond motifs is 1. The van der Waals surface area contributed by atoms with Gasteiger partial charge in [0.15, 0.2) is 5.65 Å². The van der Waals surface area contributed by atoms with E-state index in [9.17, 15) is 14.4 Å². The van der Waals surface area contributed by atoms with E-state index in [-0.39, 0.29) is 11.0 Å². The number of aryl methyl sites for hydroxylation is 2. The molecular weight excluding hydrogens is 448 g/mol. The third-order valence-electron chi connectivity index (χ3n) is 5.51. The average molecular weight is 475 g/mol. The Morgan fingerprint density at radius 3 is 2.43 bits per heavy atom. The van der Waals surface area contributed by atoms with Gasteiger partial charge in [-0.2, -0.15) is 0 Å². The molecule has 2 heterocycles. The smallest absolute Gasteiger partial charge is 0.337 e. The summed E-state index contributed by atoms with van der Waals surface area (Å²) < 4.78 is 13.2. The molecular formula is C26H26N4O5. The van der Waals surface area contributed by atoms with Gasteiger partial charge in [0.05, 0.1) is 30.5 Å². The van der Waals surface area contributed by atoms with E-state index in [1.807, 2.05) is 6.92 Å². The highest BCUT2D eigenvalue weighted by Crippen LogP contribution is 2.25. The van der Waals surface area contributed by atoms with Crippen molar-refractivity contribution in [2.24, 2.45) is 0 Å². The molecule has 9 heteroatoms. The fourth-order valence-electron chi connectivity index (χ4n) is 4.03. The number of amides is 1. The van der Waals surface area contributed by atoms with Crippen molar-refractivity contribution in [1.29, 1.82) is 0 Å². The first-order valence-corrected chi connectivity index (χ1v) is 11.1. The molecule has 1 N–H and O–H groups in total. The van der Waals surface area contributed by atoms with Crippen LogP contribution in [0.4, 0.5) is 5.69 Å². The molecule has 2 aromatic heterocycles. The summed E-state index contributed by atoms with van der Waals surface area (Å²) in [6, 6.07) is 15.7. The number of ether oxygens (including phenoxy) is 2. The monoisotopic (exact) mass is 474 g/mol. The number of para-hydroxylation sites is 4. The van der Waals surface area contributed by atoms with Crippen LogP contribution in [0.1, 0.15) is 18.2 Å². The molecule has 9 nitrogen and oxygen atoms in total. The molecule has 0 atom stereocenters. The van der Waals surface area contributed by atoms with Gasteiger partial charge in [0.1, 0.15) is 18.0 Å². The van der Waals surface area contributed by atoms with E-state index in [1.165, 1.54) is 11.7 Å². The maximum atomic E-state index is 13.7. The quantitative estimate of drug-likeness (QED) is 0.441. The predicted molar refractivity (Wildman–Crippen MR) is 134 cm³/mol. The number of carbonyl (C=O) groups is 1. The summed E-state index contributed by atoms with van der Waals surface area (Å²) in [5.41, 5.74) is 1.09. The Morgan fingerprint density at radius 1 is 1.03 bits per heavy atom. The van der Waals surface area contributed by atoms with Crippen LogP contribution in [0.15, 0.2) is 64.2 Å². The molecule has 0 spiro atoms. The van der Waals surface area contributed by atoms with Gasteiger partial charge in [0, 0.05) is 5.69 Å². The highest BCUT2D eigenvalue weighted by atomic mass is 16.5. The molecule has 4 rings (SSSR count). The number of hydrogen-bond acceptors (Lipinski definition) is 6. The molecule has 180 valence electrons. The number of hydrogen-bond donors (Lipinski definition) is 1. The van der Waals surface area contributed by atoms with E-state index in [0.29, 0.717) is 40.7 Å². The van der Waals surface area contributed by atoms with E-state index < -0.39 is 23.7 Å². The van der Waals surface area contributed by atoms with Crippen LogP contribution in [0.2, 0.25) is 0 Å². The van der Waals surface area contributed by atoms with Gasteiger partial charge in [-0.05, 0) is 56.7 Å². The number of benzene rings is 2. The minimum absolute atomic E-state index is 0.209. The fraction of sp³-hybridized carbons (Fsp3) is 0.231. The zero-order chi connectivity index (χ0) is 25.1. The predicted octanol–water partition coefficient (Wildman–Crippen LogP) is 3.21. The number of pyridine rings is 1. The zero-order valence-corrected chi connectivity index (χ0v) is 20.0. The van der Waals surface area contributed by atoms with Crippen LogP contribution < -0.4 is 26.0 Å². The number of rotatable bonds is 7. The molecule has 0 saturated carbocycles. The molecule has 0 fully saturated rings. The second kappa shape index (κ2) is 9.84. The molecule has 0 aliphatic rings. The van der Waals surface area contributed by atoms with E-state index >= 15 is 0 Å². The van der Waals surface area contributed by atoms with Crippen LogP contribution in [0.5, 0.6) is 11.5 Å². The lowest BCUT2D eigenvalue weighted by Crippen LogP contribution is -2.42. The summed E-state index contributed by atoms with van der Waals surface area (Å²) in [5.74, 6) is 0.383. The van der Waals surface area contributed by atoms with Gasteiger partial charge in [-0.1, -0.05) is 24.3 Å². The summed E-state index contributed by atoms with van der Waals surface area (Å²) in [6.07, 6.45) is 0. The van der Waals surface area contributed by atoms with Crippen LogP contribution in [0.25, 0.3) is 16.7 Å². The van der Waals surface area contributed by atoms with Gasteiger partial charge in [-0.25, -0.2) is 18.9 Å². The molecule has 0 unspecified atom stereocenters. The molecule has 0 bridgehead atoms. The molecule has 4 aromatic rings. The molecule has 2 aromatic carbocycles. The van der Waals surface area contributed by atoms with Crippen LogP contribution >= 0.6 is 0 Å². The Bertz CT molecular complexity index is 1540. The van der Waals surface area contributed by atoms with Crippen molar-refractivity contribution in [3.05, 3.63) is 86.7 Å². The maximum absolute atomic E-state index is 13.7. The van der Waals surface area contributed by atoms with Crippen molar-refractivity contribution in [2.45, 2.75) is 27.3 Å². The highest BCUT2D eigenvalue weighted by molar-refractivity contribution is 5.92. The van der Waals surface area contributed by atoms with Gasteiger partial charge in [-0.15, -0.1) is 0 Å². The number of anilines is 1. The Morgan fingerprint density at radius 2 is 1.71 bits per heavy atom. The van der Waals surface area contributed by atoms with E-state index in [0.717, 1.165) is 4.57 Å². The first kappa shape index (κ1) is 23.7. The topological polar surface area (TPSA) is 104 Å². The first-order valence-electron chi connectivity index (χ1n) is 11.1. The second-order valence-electron chi connectivity index (χ2n) is 7.94. The molecule has 0 saturated heterocycles. The second-order valence-corrected chi connectivity index (χ2v) is 7.94. The Labute approximate surface area is 201 Å². The van der Waals surface area contributed by atoms with Crippen molar-refractivity contribution in [3.8, 4) is 17.2 Å². The zero-order valence-electron chi connectivity index (χ0n) is 20.0. The highest BCUT2D eigenvalue weighted by Gasteiger charge is 2.21. The maximum Gasteiger partial charge on any atom is 0.337 e. The Kier molecular flexibility index (Phi) is 6.68. The minimum atomic E-state index is -0.697. The van der Waals surface area contributed by atoms with Crippen molar-refractivity contribution in [2.75, 3.05) is 19.0 Å². The lowest BCUT2D eigenvalue weighted by Gasteiger charge is -2.17. The summed E-state index contributed by atoms with van der Waals surface area (Å²) in [7, 11) is 1.50. The van der Waals surface area contributed by atoms with Crippen LogP contribution in [0, 0.1) is 13.8 Å². The number of nitrogens with zero attached hydrogens (tertiary/aromatic N) is 3. The summed E-state index contributed by atoms with van der Waals surface area (Å²) in [5, 5.41) is 2.99.